The number of hydrogen-bond donors (Lipinski definition) is 1. The summed E-state index contributed by atoms with van der Waals surface area (Å²) in [5, 5.41) is 3.55. The van der Waals surface area contributed by atoms with E-state index in [4.69, 9.17) is 4.74 Å². The highest BCUT2D eigenvalue weighted by Gasteiger charge is 2.16. The normalized spacial score (nSPS) is 19.8. The second kappa shape index (κ2) is 5.82. The van der Waals surface area contributed by atoms with E-state index in [1.165, 1.54) is 17.9 Å². The molecule has 2 rings (SSSR count). The van der Waals surface area contributed by atoms with E-state index in [1.807, 2.05) is 30.8 Å². The van der Waals surface area contributed by atoms with Gasteiger partial charge in [0.1, 0.15) is 5.75 Å². The molecule has 1 fully saturated rings. The lowest BCUT2D eigenvalue weighted by Crippen LogP contribution is -2.18. The van der Waals surface area contributed by atoms with Crippen LogP contribution in [-0.2, 0) is 0 Å². The van der Waals surface area contributed by atoms with E-state index in [0.717, 1.165) is 15.9 Å². The fourth-order valence-electron chi connectivity index (χ4n) is 1.76. The maximum absolute atomic E-state index is 5.63. The van der Waals surface area contributed by atoms with Crippen molar-refractivity contribution in [2.24, 2.45) is 0 Å². The summed E-state index contributed by atoms with van der Waals surface area (Å²) in [5.41, 5.74) is 1.11. The number of nitrogens with one attached hydrogen (secondary N) is 1. The summed E-state index contributed by atoms with van der Waals surface area (Å²) in [6.45, 7) is 2.71. The molecule has 1 unspecified atom stereocenters. The van der Waals surface area contributed by atoms with Crippen LogP contribution >= 0.6 is 27.7 Å². The second-order valence-electron chi connectivity index (χ2n) is 3.78. The van der Waals surface area contributed by atoms with E-state index >= 15 is 0 Å². The Hall–Kier alpha value is -0.350. The average molecular weight is 302 g/mol. The van der Waals surface area contributed by atoms with Gasteiger partial charge in [-0.15, -0.1) is 0 Å². The van der Waals surface area contributed by atoms with Gasteiger partial charge in [-0.05, 0) is 37.3 Å². The van der Waals surface area contributed by atoms with Gasteiger partial charge in [0.05, 0.1) is 12.3 Å². The maximum atomic E-state index is 5.63. The quantitative estimate of drug-likeness (QED) is 0.915. The highest BCUT2D eigenvalue weighted by Crippen LogP contribution is 2.31. The lowest BCUT2D eigenvalue weighted by molar-refractivity contribution is 0.341. The maximum Gasteiger partial charge on any atom is 0.143 e. The highest BCUT2D eigenvalue weighted by molar-refractivity contribution is 9.10. The zero-order chi connectivity index (χ0) is 11.4. The molecule has 0 saturated carbocycles. The van der Waals surface area contributed by atoms with Crippen molar-refractivity contribution in [1.82, 2.24) is 0 Å². The molecule has 0 aliphatic carbocycles. The van der Waals surface area contributed by atoms with Crippen molar-refractivity contribution in [3.63, 3.8) is 0 Å². The predicted molar refractivity (Wildman–Crippen MR) is 74.7 cm³/mol. The molecule has 0 bridgehead atoms. The molecule has 1 aromatic rings. The first-order valence-corrected chi connectivity index (χ1v) is 7.51. The van der Waals surface area contributed by atoms with Gasteiger partial charge >= 0.3 is 0 Å². The number of hydrogen-bond acceptors (Lipinski definition) is 3. The Bertz CT molecular complexity index is 353. The Kier molecular flexibility index (Phi) is 4.41. The molecule has 0 spiro atoms. The van der Waals surface area contributed by atoms with Gasteiger partial charge < -0.3 is 10.1 Å². The van der Waals surface area contributed by atoms with Gasteiger partial charge in [-0.3, -0.25) is 0 Å². The number of benzene rings is 1. The highest BCUT2D eigenvalue weighted by atomic mass is 79.9. The topological polar surface area (TPSA) is 21.3 Å². The molecule has 1 atom stereocenters. The van der Waals surface area contributed by atoms with Crippen molar-refractivity contribution < 1.29 is 4.74 Å². The van der Waals surface area contributed by atoms with Crippen molar-refractivity contribution in [3.05, 3.63) is 22.7 Å². The molecule has 1 heterocycles. The minimum absolute atomic E-state index is 0.588. The summed E-state index contributed by atoms with van der Waals surface area (Å²) in [4.78, 5) is 0. The summed E-state index contributed by atoms with van der Waals surface area (Å²) >= 11 is 5.48. The van der Waals surface area contributed by atoms with E-state index in [0.29, 0.717) is 12.6 Å². The van der Waals surface area contributed by atoms with Crippen molar-refractivity contribution in [2.45, 2.75) is 19.4 Å². The van der Waals surface area contributed by atoms with Crippen molar-refractivity contribution in [1.29, 1.82) is 0 Å². The molecule has 0 radical (unpaired) electrons. The number of ether oxygens (including phenoxy) is 1. The second-order valence-corrected chi connectivity index (χ2v) is 5.84. The minimum atomic E-state index is 0.588. The average Bonchev–Trinajstić information content (AvgIpc) is 2.75. The number of anilines is 1. The smallest absolute Gasteiger partial charge is 0.143 e. The third kappa shape index (κ3) is 3.08. The first-order valence-electron chi connectivity index (χ1n) is 5.56. The Morgan fingerprint density at radius 2 is 2.44 bits per heavy atom. The third-order valence-corrected chi connectivity index (χ3v) is 4.19. The fourth-order valence-corrected chi connectivity index (χ4v) is 3.25. The monoisotopic (exact) mass is 301 g/mol. The van der Waals surface area contributed by atoms with Crippen LogP contribution in [-0.4, -0.2) is 24.2 Å². The Balaban J connectivity index is 2.11. The van der Waals surface area contributed by atoms with Crippen molar-refractivity contribution in [3.8, 4) is 5.75 Å². The summed E-state index contributed by atoms with van der Waals surface area (Å²) in [6.07, 6.45) is 1.24. The standard InChI is InChI=1S/C12H16BrNOS/c1-2-15-12-7-9(13)3-4-11(12)14-10-5-6-16-8-10/h3-4,7,10,14H,2,5-6,8H2,1H3. The van der Waals surface area contributed by atoms with Gasteiger partial charge in [0.15, 0.2) is 0 Å². The zero-order valence-corrected chi connectivity index (χ0v) is 11.7. The third-order valence-electron chi connectivity index (χ3n) is 2.53. The van der Waals surface area contributed by atoms with Gasteiger partial charge in [0, 0.05) is 16.3 Å². The molecule has 0 aromatic heterocycles. The molecule has 16 heavy (non-hydrogen) atoms. The van der Waals surface area contributed by atoms with Crippen LogP contribution in [0.15, 0.2) is 22.7 Å². The minimum Gasteiger partial charge on any atom is -0.492 e. The summed E-state index contributed by atoms with van der Waals surface area (Å²) in [6, 6.07) is 6.74. The Morgan fingerprint density at radius 1 is 1.56 bits per heavy atom. The van der Waals surface area contributed by atoms with E-state index in [2.05, 4.69) is 27.3 Å². The Morgan fingerprint density at radius 3 is 3.12 bits per heavy atom. The molecule has 2 nitrogen and oxygen atoms in total. The van der Waals surface area contributed by atoms with E-state index in [-0.39, 0.29) is 0 Å². The van der Waals surface area contributed by atoms with Crippen molar-refractivity contribution in [2.75, 3.05) is 23.4 Å². The Labute approximate surface area is 109 Å². The number of halogens is 1. The van der Waals surface area contributed by atoms with Crippen LogP contribution in [0.4, 0.5) is 5.69 Å². The molecule has 1 aliphatic heterocycles. The van der Waals surface area contributed by atoms with E-state index in [9.17, 15) is 0 Å². The van der Waals surface area contributed by atoms with Gasteiger partial charge in [0.2, 0.25) is 0 Å². The van der Waals surface area contributed by atoms with Gasteiger partial charge in [-0.2, -0.15) is 11.8 Å². The van der Waals surface area contributed by atoms with Crippen LogP contribution in [0, 0.1) is 0 Å². The molecule has 4 heteroatoms. The lowest BCUT2D eigenvalue weighted by atomic mass is 10.2. The zero-order valence-electron chi connectivity index (χ0n) is 9.33. The molecule has 0 amide bonds. The molecule has 1 saturated heterocycles. The molecular weight excluding hydrogens is 286 g/mol. The van der Waals surface area contributed by atoms with Gasteiger partial charge in [-0.1, -0.05) is 15.9 Å². The van der Waals surface area contributed by atoms with Crippen LogP contribution in [0.1, 0.15) is 13.3 Å². The van der Waals surface area contributed by atoms with Crippen LogP contribution in [0.2, 0.25) is 0 Å². The summed E-state index contributed by atoms with van der Waals surface area (Å²) in [5.74, 6) is 3.40. The molecule has 1 aromatic carbocycles. The van der Waals surface area contributed by atoms with Crippen LogP contribution in [0.3, 0.4) is 0 Å². The van der Waals surface area contributed by atoms with Gasteiger partial charge in [0.25, 0.3) is 0 Å². The molecule has 1 N–H and O–H groups in total. The number of thioether (sulfide) groups is 1. The SMILES string of the molecule is CCOc1cc(Br)ccc1NC1CCSC1. The summed E-state index contributed by atoms with van der Waals surface area (Å²) < 4.78 is 6.69. The van der Waals surface area contributed by atoms with Gasteiger partial charge in [-0.25, -0.2) is 0 Å². The first kappa shape index (κ1) is 12.1. The fraction of sp³-hybridized carbons (Fsp3) is 0.500. The van der Waals surface area contributed by atoms with E-state index in [1.54, 1.807) is 0 Å². The first-order chi connectivity index (χ1) is 7.79. The lowest BCUT2D eigenvalue weighted by Gasteiger charge is -2.16. The van der Waals surface area contributed by atoms with E-state index < -0.39 is 0 Å². The summed E-state index contributed by atoms with van der Waals surface area (Å²) in [7, 11) is 0. The number of rotatable bonds is 4. The van der Waals surface area contributed by atoms with Crippen LogP contribution in [0.25, 0.3) is 0 Å². The van der Waals surface area contributed by atoms with Crippen LogP contribution < -0.4 is 10.1 Å². The molecular formula is C12H16BrNOS. The van der Waals surface area contributed by atoms with Crippen LogP contribution in [0.5, 0.6) is 5.75 Å². The predicted octanol–water partition coefficient (Wildman–Crippen LogP) is 3.77. The molecule has 1 aliphatic rings. The largest absolute Gasteiger partial charge is 0.492 e. The molecule has 88 valence electrons. The van der Waals surface area contributed by atoms with Crippen molar-refractivity contribution >= 4 is 33.4 Å².